The summed E-state index contributed by atoms with van der Waals surface area (Å²) in [6.45, 7) is 5.77. The Labute approximate surface area is 119 Å². The maximum absolute atomic E-state index is 5.29. The standard InChI is InChI=1S/C16H17NOS/c1-4-6-12(7-5-2)15-11-17(19)16-9-8-13(18-3)10-14(15)16/h4-11,19H,1H2,2-3H3/b7-5-,12-6+. The van der Waals surface area contributed by atoms with E-state index in [2.05, 4.69) is 25.5 Å². The van der Waals surface area contributed by atoms with E-state index in [1.165, 1.54) is 0 Å². The Bertz CT molecular complexity index is 665. The number of fused-ring (bicyclic) bond motifs is 1. The van der Waals surface area contributed by atoms with Crippen LogP contribution in [0, 0.1) is 0 Å². The molecule has 0 amide bonds. The van der Waals surface area contributed by atoms with E-state index in [-0.39, 0.29) is 0 Å². The van der Waals surface area contributed by atoms with Crippen LogP contribution in [0.5, 0.6) is 5.75 Å². The number of thiol groups is 1. The van der Waals surface area contributed by atoms with Crippen molar-refractivity contribution in [3.05, 3.63) is 60.8 Å². The summed E-state index contributed by atoms with van der Waals surface area (Å²) in [5.74, 6) is 0.840. The van der Waals surface area contributed by atoms with Crippen LogP contribution in [0.25, 0.3) is 16.5 Å². The van der Waals surface area contributed by atoms with Gasteiger partial charge in [-0.05, 0) is 30.7 Å². The van der Waals surface area contributed by atoms with Gasteiger partial charge < -0.3 is 4.74 Å². The number of aromatic nitrogens is 1. The first kappa shape index (κ1) is 13.6. The van der Waals surface area contributed by atoms with Gasteiger partial charge in [-0.3, -0.25) is 3.97 Å². The van der Waals surface area contributed by atoms with E-state index in [0.717, 1.165) is 27.8 Å². The topological polar surface area (TPSA) is 14.2 Å². The van der Waals surface area contributed by atoms with Gasteiger partial charge in [0.1, 0.15) is 5.75 Å². The van der Waals surface area contributed by atoms with Crippen molar-refractivity contribution in [2.75, 3.05) is 7.11 Å². The van der Waals surface area contributed by atoms with Crippen molar-refractivity contribution in [1.82, 2.24) is 3.97 Å². The minimum atomic E-state index is 0.840. The largest absolute Gasteiger partial charge is 0.497 e. The van der Waals surface area contributed by atoms with Gasteiger partial charge in [-0.1, -0.05) is 43.7 Å². The molecule has 3 heteroatoms. The Morgan fingerprint density at radius 2 is 2.21 bits per heavy atom. The molecule has 1 heterocycles. The van der Waals surface area contributed by atoms with Gasteiger partial charge in [-0.15, -0.1) is 0 Å². The van der Waals surface area contributed by atoms with E-state index < -0.39 is 0 Å². The molecule has 0 bridgehead atoms. The summed E-state index contributed by atoms with van der Waals surface area (Å²) in [5.41, 5.74) is 3.27. The molecule has 2 nitrogen and oxygen atoms in total. The molecule has 0 unspecified atom stereocenters. The van der Waals surface area contributed by atoms with Gasteiger partial charge in [0, 0.05) is 17.1 Å². The normalized spacial score (nSPS) is 12.3. The first-order valence-corrected chi connectivity index (χ1v) is 6.45. The SMILES string of the molecule is C=C/C=C(\C=C/C)c1cn(S)c2ccc(OC)cc12. The minimum Gasteiger partial charge on any atom is -0.497 e. The molecule has 1 aromatic carbocycles. The Morgan fingerprint density at radius 3 is 2.84 bits per heavy atom. The third-order valence-corrected chi connectivity index (χ3v) is 3.28. The summed E-state index contributed by atoms with van der Waals surface area (Å²) in [7, 11) is 1.67. The molecule has 0 saturated carbocycles. The molecule has 0 saturated heterocycles. The van der Waals surface area contributed by atoms with Crippen LogP contribution >= 0.6 is 12.8 Å². The summed E-state index contributed by atoms with van der Waals surface area (Å²) in [4.78, 5) is 0. The lowest BCUT2D eigenvalue weighted by molar-refractivity contribution is 0.415. The van der Waals surface area contributed by atoms with Crippen molar-refractivity contribution in [3.8, 4) is 5.75 Å². The van der Waals surface area contributed by atoms with Crippen LogP contribution in [0.15, 0.2) is 55.3 Å². The number of allylic oxidation sites excluding steroid dienone is 5. The highest BCUT2D eigenvalue weighted by Crippen LogP contribution is 2.31. The highest BCUT2D eigenvalue weighted by Gasteiger charge is 2.10. The lowest BCUT2D eigenvalue weighted by Crippen LogP contribution is -1.83. The van der Waals surface area contributed by atoms with E-state index in [4.69, 9.17) is 4.74 Å². The molecule has 0 aliphatic heterocycles. The van der Waals surface area contributed by atoms with Gasteiger partial charge in [-0.25, -0.2) is 0 Å². The lowest BCUT2D eigenvalue weighted by atomic mass is 10.0. The fourth-order valence-corrected chi connectivity index (χ4v) is 2.38. The van der Waals surface area contributed by atoms with Gasteiger partial charge in [-0.2, -0.15) is 0 Å². The van der Waals surface area contributed by atoms with Gasteiger partial charge in [0.05, 0.1) is 12.6 Å². The third kappa shape index (κ3) is 2.61. The van der Waals surface area contributed by atoms with Crippen LogP contribution < -0.4 is 4.74 Å². The van der Waals surface area contributed by atoms with Crippen molar-refractivity contribution in [1.29, 1.82) is 0 Å². The molecule has 0 atom stereocenters. The summed E-state index contributed by atoms with van der Waals surface area (Å²) in [6, 6.07) is 5.97. The molecule has 0 aliphatic rings. The Balaban J connectivity index is 2.71. The van der Waals surface area contributed by atoms with Crippen molar-refractivity contribution >= 4 is 29.3 Å². The number of nitrogens with zero attached hydrogens (tertiary/aromatic N) is 1. The predicted molar refractivity (Wildman–Crippen MR) is 85.9 cm³/mol. The zero-order chi connectivity index (χ0) is 13.8. The van der Waals surface area contributed by atoms with Crippen LogP contribution in [-0.4, -0.2) is 11.1 Å². The summed E-state index contributed by atoms with van der Waals surface area (Å²) >= 11 is 4.46. The first-order valence-electron chi connectivity index (χ1n) is 6.05. The smallest absolute Gasteiger partial charge is 0.119 e. The number of ether oxygens (including phenoxy) is 1. The van der Waals surface area contributed by atoms with Crippen LogP contribution in [0.4, 0.5) is 0 Å². The van der Waals surface area contributed by atoms with Gasteiger partial charge in [0.15, 0.2) is 0 Å². The molecule has 98 valence electrons. The molecule has 2 rings (SSSR count). The first-order chi connectivity index (χ1) is 9.21. The van der Waals surface area contributed by atoms with Crippen molar-refractivity contribution < 1.29 is 4.74 Å². The molecule has 1 aromatic heterocycles. The molecule has 0 radical (unpaired) electrons. The van der Waals surface area contributed by atoms with Gasteiger partial charge >= 0.3 is 0 Å². The molecule has 2 aromatic rings. The van der Waals surface area contributed by atoms with E-state index in [0.29, 0.717) is 0 Å². The molecule has 0 spiro atoms. The van der Waals surface area contributed by atoms with Crippen molar-refractivity contribution in [2.24, 2.45) is 0 Å². The second-order valence-corrected chi connectivity index (χ2v) is 4.56. The number of rotatable bonds is 4. The Kier molecular flexibility index (Phi) is 4.17. The van der Waals surface area contributed by atoms with Crippen molar-refractivity contribution in [2.45, 2.75) is 6.92 Å². The lowest BCUT2D eigenvalue weighted by Gasteiger charge is -2.02. The second-order valence-electron chi connectivity index (χ2n) is 4.13. The predicted octanol–water partition coefficient (Wildman–Crippen LogP) is 4.49. The second kappa shape index (κ2) is 5.85. The number of hydrogen-bond donors (Lipinski definition) is 1. The zero-order valence-corrected chi connectivity index (χ0v) is 12.0. The average molecular weight is 271 g/mol. The fraction of sp³-hybridized carbons (Fsp3) is 0.125. The van der Waals surface area contributed by atoms with Crippen molar-refractivity contribution in [3.63, 3.8) is 0 Å². The molecule has 0 aliphatic carbocycles. The summed E-state index contributed by atoms with van der Waals surface area (Å²) in [5, 5.41) is 1.11. The Morgan fingerprint density at radius 1 is 1.42 bits per heavy atom. The molecular weight excluding hydrogens is 254 g/mol. The summed E-state index contributed by atoms with van der Waals surface area (Å²) in [6.07, 6.45) is 9.85. The maximum Gasteiger partial charge on any atom is 0.119 e. The molecule has 0 fully saturated rings. The number of hydrogen-bond acceptors (Lipinski definition) is 2. The fourth-order valence-electron chi connectivity index (χ4n) is 2.09. The molecule has 0 N–H and O–H groups in total. The highest BCUT2D eigenvalue weighted by molar-refractivity contribution is 7.78. The molecule has 19 heavy (non-hydrogen) atoms. The van der Waals surface area contributed by atoms with Gasteiger partial charge in [0.2, 0.25) is 0 Å². The van der Waals surface area contributed by atoms with E-state index in [1.54, 1.807) is 13.2 Å². The average Bonchev–Trinajstić information content (AvgIpc) is 2.75. The van der Waals surface area contributed by atoms with E-state index in [1.807, 2.05) is 47.4 Å². The van der Waals surface area contributed by atoms with E-state index in [9.17, 15) is 0 Å². The summed E-state index contributed by atoms with van der Waals surface area (Å²) < 4.78 is 7.12. The number of benzene rings is 1. The number of methoxy groups -OCH3 is 1. The highest BCUT2D eigenvalue weighted by atomic mass is 32.1. The van der Waals surface area contributed by atoms with E-state index >= 15 is 0 Å². The monoisotopic (exact) mass is 271 g/mol. The third-order valence-electron chi connectivity index (χ3n) is 2.95. The Hall–Kier alpha value is -1.87. The van der Waals surface area contributed by atoms with Gasteiger partial charge in [0.25, 0.3) is 0 Å². The van der Waals surface area contributed by atoms with Crippen LogP contribution in [0.1, 0.15) is 12.5 Å². The quantitative estimate of drug-likeness (QED) is 0.639. The minimum absolute atomic E-state index is 0.840. The maximum atomic E-state index is 5.29. The van der Waals surface area contributed by atoms with Crippen LogP contribution in [0.2, 0.25) is 0 Å². The van der Waals surface area contributed by atoms with Crippen LogP contribution in [0.3, 0.4) is 0 Å². The zero-order valence-electron chi connectivity index (χ0n) is 11.1. The van der Waals surface area contributed by atoms with Crippen LogP contribution in [-0.2, 0) is 0 Å². The molecular formula is C16H17NOS.